The molecule has 0 saturated heterocycles. The summed E-state index contributed by atoms with van der Waals surface area (Å²) in [6.45, 7) is 0. The van der Waals surface area contributed by atoms with E-state index >= 15 is 0 Å². The molecule has 4 aromatic carbocycles. The third-order valence-corrected chi connectivity index (χ3v) is 11.6. The summed E-state index contributed by atoms with van der Waals surface area (Å²) in [6, 6.07) is 34.4. The maximum absolute atomic E-state index is 6.20. The summed E-state index contributed by atoms with van der Waals surface area (Å²) >= 11 is 0. The predicted molar refractivity (Wildman–Crippen MR) is 174 cm³/mol. The number of benzene rings is 4. The molecule has 5 saturated carbocycles. The number of hydrogen-bond donors (Lipinski definition) is 0. The predicted octanol–water partition coefficient (Wildman–Crippen LogP) is 11.6. The van der Waals surface area contributed by atoms with Gasteiger partial charge in [-0.1, -0.05) is 61.7 Å². The highest BCUT2D eigenvalue weighted by molar-refractivity contribution is 6.06. The Bertz CT molecular complexity index is 1700. The average molecular weight is 552 g/mol. The van der Waals surface area contributed by atoms with E-state index in [-0.39, 0.29) is 0 Å². The highest BCUT2D eigenvalue weighted by atomic mass is 16.3. The number of anilines is 3. The highest BCUT2D eigenvalue weighted by Crippen LogP contribution is 2.60. The van der Waals surface area contributed by atoms with Crippen LogP contribution in [0.4, 0.5) is 17.1 Å². The lowest BCUT2D eigenvalue weighted by Gasteiger charge is -2.57. The van der Waals surface area contributed by atoms with Gasteiger partial charge in [-0.3, -0.25) is 0 Å². The molecule has 0 amide bonds. The first kappa shape index (κ1) is 25.0. The van der Waals surface area contributed by atoms with E-state index in [4.69, 9.17) is 4.42 Å². The van der Waals surface area contributed by atoms with Gasteiger partial charge in [0.05, 0.1) is 0 Å². The molecule has 0 aliphatic heterocycles. The largest absolute Gasteiger partial charge is 0.456 e. The van der Waals surface area contributed by atoms with Crippen molar-refractivity contribution in [3.8, 4) is 0 Å². The number of hydrogen-bond acceptors (Lipinski definition) is 2. The molecule has 4 bridgehead atoms. The van der Waals surface area contributed by atoms with Gasteiger partial charge in [0.15, 0.2) is 0 Å². The van der Waals surface area contributed by atoms with Gasteiger partial charge in [0.25, 0.3) is 0 Å². The van der Waals surface area contributed by atoms with Gasteiger partial charge in [0.1, 0.15) is 11.2 Å². The lowest BCUT2D eigenvalue weighted by molar-refractivity contribution is -0.00518. The topological polar surface area (TPSA) is 16.4 Å². The van der Waals surface area contributed by atoms with Crippen LogP contribution >= 0.6 is 0 Å². The molecule has 5 fully saturated rings. The van der Waals surface area contributed by atoms with E-state index < -0.39 is 0 Å². The first-order valence-corrected chi connectivity index (χ1v) is 16.6. The Hall–Kier alpha value is -3.52. The van der Waals surface area contributed by atoms with Gasteiger partial charge in [0.2, 0.25) is 0 Å². The van der Waals surface area contributed by atoms with Crippen LogP contribution in [-0.4, -0.2) is 0 Å². The second-order valence-electron chi connectivity index (χ2n) is 14.3. The van der Waals surface area contributed by atoms with Crippen LogP contribution in [0.15, 0.2) is 95.4 Å². The maximum atomic E-state index is 6.20. The van der Waals surface area contributed by atoms with Crippen molar-refractivity contribution in [2.75, 3.05) is 4.90 Å². The molecule has 0 unspecified atom stereocenters. The summed E-state index contributed by atoms with van der Waals surface area (Å²) in [7, 11) is 0. The molecule has 0 spiro atoms. The zero-order valence-corrected chi connectivity index (χ0v) is 24.6. The van der Waals surface area contributed by atoms with Gasteiger partial charge < -0.3 is 9.32 Å². The van der Waals surface area contributed by atoms with Crippen molar-refractivity contribution in [2.45, 2.75) is 82.0 Å². The average Bonchev–Trinajstić information content (AvgIpc) is 3.40. The fourth-order valence-corrected chi connectivity index (χ4v) is 10.1. The zero-order valence-electron chi connectivity index (χ0n) is 24.6. The van der Waals surface area contributed by atoms with Crippen molar-refractivity contribution in [1.82, 2.24) is 0 Å². The van der Waals surface area contributed by atoms with E-state index in [1.807, 2.05) is 0 Å². The Morgan fingerprint density at radius 2 is 1.17 bits per heavy atom. The third kappa shape index (κ3) is 4.13. The van der Waals surface area contributed by atoms with Crippen LogP contribution in [0.3, 0.4) is 0 Å². The molecule has 42 heavy (non-hydrogen) atoms. The number of para-hydroxylation sites is 1. The molecule has 1 heterocycles. The molecule has 5 aliphatic rings. The number of furan rings is 1. The van der Waals surface area contributed by atoms with Crippen molar-refractivity contribution in [1.29, 1.82) is 0 Å². The van der Waals surface area contributed by atoms with Crippen LogP contribution in [0.25, 0.3) is 21.9 Å². The summed E-state index contributed by atoms with van der Waals surface area (Å²) in [5.74, 6) is 3.61. The summed E-state index contributed by atoms with van der Waals surface area (Å²) in [4.78, 5) is 2.45. The molecule has 0 radical (unpaired) electrons. The van der Waals surface area contributed by atoms with Crippen LogP contribution in [-0.2, 0) is 5.41 Å². The van der Waals surface area contributed by atoms with Gasteiger partial charge in [-0.05, 0) is 140 Å². The van der Waals surface area contributed by atoms with Crippen molar-refractivity contribution in [2.24, 2.45) is 17.8 Å². The Labute approximate surface area is 249 Å². The third-order valence-electron chi connectivity index (χ3n) is 11.6. The fourth-order valence-electron chi connectivity index (χ4n) is 10.1. The molecule has 212 valence electrons. The standard InChI is InChI=1S/C40H41NO/c1-2-6-30(7-3-1)31-10-14-33(15-11-31)41(35-18-19-39-37(23-35)36-8-4-5-9-38(36)42-39)34-16-12-32(13-17-34)40-24-27-20-28(25-40)22-29(21-27)26-40/h4-5,8-19,23,27-30H,1-3,6-7,20-22,24-26H2. The van der Waals surface area contributed by atoms with Gasteiger partial charge in [-0.25, -0.2) is 0 Å². The van der Waals surface area contributed by atoms with Crippen LogP contribution in [0.5, 0.6) is 0 Å². The van der Waals surface area contributed by atoms with Crippen LogP contribution in [0, 0.1) is 17.8 Å². The van der Waals surface area contributed by atoms with Crippen molar-refractivity contribution in [3.63, 3.8) is 0 Å². The van der Waals surface area contributed by atoms with Gasteiger partial charge in [-0.2, -0.15) is 0 Å². The summed E-state index contributed by atoms with van der Waals surface area (Å²) in [5.41, 5.74) is 9.07. The SMILES string of the molecule is c1ccc2c(c1)oc1ccc(N(c3ccc(C4CCCCC4)cc3)c3ccc(C45CC6CC(CC(C6)C4)C5)cc3)cc12. The quantitative estimate of drug-likeness (QED) is 0.216. The second kappa shape index (κ2) is 9.76. The molecular formula is C40H41NO. The van der Waals surface area contributed by atoms with Crippen molar-refractivity contribution in [3.05, 3.63) is 102 Å². The highest BCUT2D eigenvalue weighted by Gasteiger charge is 2.51. The van der Waals surface area contributed by atoms with Crippen molar-refractivity contribution < 1.29 is 4.42 Å². The maximum Gasteiger partial charge on any atom is 0.135 e. The minimum Gasteiger partial charge on any atom is -0.456 e. The molecule has 10 rings (SSSR count). The van der Waals surface area contributed by atoms with Gasteiger partial charge in [0, 0.05) is 27.8 Å². The molecule has 1 aromatic heterocycles. The summed E-state index contributed by atoms with van der Waals surface area (Å²) < 4.78 is 6.20. The monoisotopic (exact) mass is 551 g/mol. The zero-order chi connectivity index (χ0) is 27.7. The molecular weight excluding hydrogens is 510 g/mol. The Balaban J connectivity index is 1.12. The Morgan fingerprint density at radius 3 is 1.86 bits per heavy atom. The molecule has 2 heteroatoms. The first-order chi connectivity index (χ1) is 20.7. The lowest BCUT2D eigenvalue weighted by atomic mass is 9.48. The van der Waals surface area contributed by atoms with E-state index in [2.05, 4.69) is 95.9 Å². The van der Waals surface area contributed by atoms with E-state index in [0.717, 1.165) is 34.8 Å². The normalized spacial score (nSPS) is 27.2. The number of nitrogens with zero attached hydrogens (tertiary/aromatic N) is 1. The first-order valence-electron chi connectivity index (χ1n) is 16.6. The van der Waals surface area contributed by atoms with Crippen LogP contribution < -0.4 is 4.90 Å². The Morgan fingerprint density at radius 1 is 0.571 bits per heavy atom. The van der Waals surface area contributed by atoms with Crippen LogP contribution in [0.2, 0.25) is 0 Å². The van der Waals surface area contributed by atoms with Gasteiger partial charge in [-0.15, -0.1) is 0 Å². The van der Waals surface area contributed by atoms with Crippen LogP contribution in [0.1, 0.15) is 87.7 Å². The lowest BCUT2D eigenvalue weighted by Crippen LogP contribution is -2.48. The second-order valence-corrected chi connectivity index (χ2v) is 14.3. The van der Waals surface area contributed by atoms with E-state index in [9.17, 15) is 0 Å². The molecule has 0 N–H and O–H groups in total. The molecule has 0 atom stereocenters. The van der Waals surface area contributed by atoms with E-state index in [0.29, 0.717) is 5.41 Å². The molecule has 5 aromatic rings. The molecule has 2 nitrogen and oxygen atoms in total. The summed E-state index contributed by atoms with van der Waals surface area (Å²) in [6.07, 6.45) is 15.5. The van der Waals surface area contributed by atoms with E-state index in [1.165, 1.54) is 104 Å². The fraction of sp³-hybridized carbons (Fsp3) is 0.400. The Kier molecular flexibility index (Phi) is 5.82. The number of rotatable bonds is 5. The van der Waals surface area contributed by atoms with Crippen molar-refractivity contribution >= 4 is 39.0 Å². The number of fused-ring (bicyclic) bond motifs is 3. The minimum atomic E-state index is 0.425. The molecule has 5 aliphatic carbocycles. The van der Waals surface area contributed by atoms with Gasteiger partial charge >= 0.3 is 0 Å². The summed E-state index contributed by atoms with van der Waals surface area (Å²) in [5, 5.41) is 2.36. The van der Waals surface area contributed by atoms with E-state index in [1.54, 1.807) is 5.56 Å². The smallest absolute Gasteiger partial charge is 0.135 e. The minimum absolute atomic E-state index is 0.425.